The molecule has 7 heteroatoms. The number of H-pyrrole nitrogens is 1. The minimum absolute atomic E-state index is 0.214. The van der Waals surface area contributed by atoms with Crippen LogP contribution in [0.25, 0.3) is 16.5 Å². The van der Waals surface area contributed by atoms with Crippen LogP contribution in [0.1, 0.15) is 16.7 Å². The van der Waals surface area contributed by atoms with Crippen LogP contribution in [0.5, 0.6) is 0 Å². The lowest BCUT2D eigenvalue weighted by atomic mass is 9.87. The van der Waals surface area contributed by atoms with Crippen LogP contribution in [-0.4, -0.2) is 33.7 Å². The summed E-state index contributed by atoms with van der Waals surface area (Å²) in [5, 5.41) is 14.9. The van der Waals surface area contributed by atoms with Crippen LogP contribution < -0.4 is 0 Å². The Morgan fingerprint density at radius 2 is 1.47 bits per heavy atom. The molecule has 1 aromatic heterocycles. The van der Waals surface area contributed by atoms with Crippen molar-refractivity contribution in [2.75, 3.05) is 7.05 Å². The first-order chi connectivity index (χ1) is 16.3. The van der Waals surface area contributed by atoms with E-state index >= 15 is 0 Å². The number of likely N-dealkylation sites (N-methyl/N-ethyl adjacent to an activating group) is 1. The van der Waals surface area contributed by atoms with Gasteiger partial charge in [-0.3, -0.25) is 4.79 Å². The number of hydrogen-bond donors (Lipinski definition) is 2. The molecule has 5 rings (SSSR count). The second-order valence-electron chi connectivity index (χ2n) is 8.53. The van der Waals surface area contributed by atoms with Gasteiger partial charge in [-0.2, -0.15) is 0 Å². The molecule has 0 radical (unpaired) electrons. The van der Waals surface area contributed by atoms with E-state index in [2.05, 4.69) is 4.98 Å². The molecule has 3 aromatic carbocycles. The van der Waals surface area contributed by atoms with Crippen molar-refractivity contribution >= 4 is 57.2 Å². The molecule has 2 heterocycles. The number of rotatable bonds is 5. The van der Waals surface area contributed by atoms with Crippen LogP contribution in [0, 0.1) is 0 Å². The summed E-state index contributed by atoms with van der Waals surface area (Å²) >= 11 is 18.3. The van der Waals surface area contributed by atoms with Crippen molar-refractivity contribution in [2.24, 2.45) is 0 Å². The molecule has 0 spiro atoms. The summed E-state index contributed by atoms with van der Waals surface area (Å²) in [7, 11) is 1.64. The highest BCUT2D eigenvalue weighted by Gasteiger charge is 2.49. The Morgan fingerprint density at radius 1 is 0.882 bits per heavy atom. The van der Waals surface area contributed by atoms with Gasteiger partial charge in [0.2, 0.25) is 0 Å². The third kappa shape index (κ3) is 4.01. The minimum Gasteiger partial charge on any atom is -0.366 e. The molecule has 1 amide bonds. The maximum Gasteiger partial charge on any atom is 0.252 e. The van der Waals surface area contributed by atoms with Gasteiger partial charge in [0.15, 0.2) is 5.72 Å². The van der Waals surface area contributed by atoms with Crippen molar-refractivity contribution in [1.29, 1.82) is 0 Å². The first kappa shape index (κ1) is 23.0. The number of carbonyl (C=O) groups is 1. The number of aromatic amines is 1. The van der Waals surface area contributed by atoms with E-state index in [-0.39, 0.29) is 12.3 Å². The van der Waals surface area contributed by atoms with Crippen molar-refractivity contribution in [3.05, 3.63) is 110 Å². The molecule has 4 nitrogen and oxygen atoms in total. The van der Waals surface area contributed by atoms with Crippen molar-refractivity contribution < 1.29 is 9.90 Å². The number of nitrogens with one attached hydrogen (secondary N) is 1. The maximum atomic E-state index is 13.6. The SMILES string of the molecule is CN1C(=O)C(Cc2ccc(Cl)cc2)=C(c2c[nH]c3cc(Cl)ccc23)[C@@]1(O)Cc1ccc(Cl)cc1. The van der Waals surface area contributed by atoms with Crippen LogP contribution in [0.4, 0.5) is 0 Å². The molecule has 0 unspecified atom stereocenters. The minimum atomic E-state index is -1.55. The van der Waals surface area contributed by atoms with Crippen LogP contribution in [0.3, 0.4) is 0 Å². The average molecular weight is 512 g/mol. The van der Waals surface area contributed by atoms with Crippen LogP contribution >= 0.6 is 34.8 Å². The smallest absolute Gasteiger partial charge is 0.252 e. The largest absolute Gasteiger partial charge is 0.366 e. The number of benzene rings is 3. The molecule has 0 saturated carbocycles. The van der Waals surface area contributed by atoms with Gasteiger partial charge in [0.1, 0.15) is 0 Å². The lowest BCUT2D eigenvalue weighted by Gasteiger charge is -2.34. The third-order valence-corrected chi connectivity index (χ3v) is 7.13. The molecule has 0 aliphatic carbocycles. The zero-order valence-corrected chi connectivity index (χ0v) is 20.5. The molecule has 0 saturated heterocycles. The van der Waals surface area contributed by atoms with Crippen molar-refractivity contribution in [2.45, 2.75) is 18.6 Å². The van der Waals surface area contributed by atoms with Crippen LogP contribution in [0.15, 0.2) is 78.5 Å². The summed E-state index contributed by atoms with van der Waals surface area (Å²) in [6.07, 6.45) is 2.41. The maximum absolute atomic E-state index is 13.6. The van der Waals surface area contributed by atoms with E-state index in [1.54, 1.807) is 37.4 Å². The molecule has 1 aliphatic heterocycles. The average Bonchev–Trinajstić information content (AvgIpc) is 3.29. The molecule has 1 aliphatic rings. The van der Waals surface area contributed by atoms with Gasteiger partial charge in [0.25, 0.3) is 5.91 Å². The van der Waals surface area contributed by atoms with Gasteiger partial charge in [-0.1, -0.05) is 65.1 Å². The molecule has 172 valence electrons. The Bertz CT molecular complexity index is 1420. The van der Waals surface area contributed by atoms with E-state index in [0.717, 1.165) is 27.6 Å². The van der Waals surface area contributed by atoms with Gasteiger partial charge in [-0.15, -0.1) is 0 Å². The molecular weight excluding hydrogens is 491 g/mol. The van der Waals surface area contributed by atoms with E-state index in [9.17, 15) is 9.90 Å². The summed E-state index contributed by atoms with van der Waals surface area (Å²) in [4.78, 5) is 18.2. The van der Waals surface area contributed by atoms with Crippen molar-refractivity contribution in [3.8, 4) is 0 Å². The molecule has 1 atom stereocenters. The summed E-state index contributed by atoms with van der Waals surface area (Å²) in [5.74, 6) is -0.218. The predicted molar refractivity (Wildman–Crippen MR) is 138 cm³/mol. The number of aliphatic hydroxyl groups is 1. The van der Waals surface area contributed by atoms with E-state index < -0.39 is 5.72 Å². The molecule has 0 fully saturated rings. The molecule has 2 N–H and O–H groups in total. The highest BCUT2D eigenvalue weighted by molar-refractivity contribution is 6.31. The highest BCUT2D eigenvalue weighted by Crippen LogP contribution is 2.45. The van der Waals surface area contributed by atoms with Gasteiger partial charge in [-0.25, -0.2) is 0 Å². The Hall–Kier alpha value is -2.76. The quantitative estimate of drug-likeness (QED) is 0.320. The molecule has 0 bridgehead atoms. The Balaban J connectivity index is 1.70. The number of halogens is 3. The van der Waals surface area contributed by atoms with Crippen LogP contribution in [-0.2, 0) is 17.6 Å². The summed E-state index contributed by atoms with van der Waals surface area (Å²) < 4.78 is 0. The Labute approximate surface area is 212 Å². The second-order valence-corrected chi connectivity index (χ2v) is 9.84. The van der Waals surface area contributed by atoms with Gasteiger partial charge in [-0.05, 0) is 47.5 Å². The van der Waals surface area contributed by atoms with E-state index in [4.69, 9.17) is 34.8 Å². The van der Waals surface area contributed by atoms with Gasteiger partial charge in [0, 0.05) is 68.8 Å². The predicted octanol–water partition coefficient (Wildman–Crippen LogP) is 6.53. The van der Waals surface area contributed by atoms with Gasteiger partial charge in [0.05, 0.1) is 0 Å². The number of amides is 1. The van der Waals surface area contributed by atoms with Gasteiger partial charge >= 0.3 is 0 Å². The molecule has 34 heavy (non-hydrogen) atoms. The number of carbonyl (C=O) groups excluding carboxylic acids is 1. The fourth-order valence-electron chi connectivity index (χ4n) is 4.63. The van der Waals surface area contributed by atoms with E-state index in [1.165, 1.54) is 4.90 Å². The van der Waals surface area contributed by atoms with E-state index in [0.29, 0.717) is 32.6 Å². The lowest BCUT2D eigenvalue weighted by molar-refractivity contribution is -0.137. The topological polar surface area (TPSA) is 56.3 Å². The van der Waals surface area contributed by atoms with Crippen LogP contribution in [0.2, 0.25) is 15.1 Å². The summed E-state index contributed by atoms with van der Waals surface area (Å²) in [6.45, 7) is 0. The zero-order chi connectivity index (χ0) is 24.0. The van der Waals surface area contributed by atoms with Gasteiger partial charge < -0.3 is 15.0 Å². The zero-order valence-electron chi connectivity index (χ0n) is 18.3. The fourth-order valence-corrected chi connectivity index (χ4v) is 5.06. The monoisotopic (exact) mass is 510 g/mol. The number of nitrogens with zero attached hydrogens (tertiary/aromatic N) is 1. The number of fused-ring (bicyclic) bond motifs is 1. The number of aromatic nitrogens is 1. The van der Waals surface area contributed by atoms with Crippen molar-refractivity contribution in [1.82, 2.24) is 9.88 Å². The van der Waals surface area contributed by atoms with E-state index in [1.807, 2.05) is 42.6 Å². The Kier molecular flexibility index (Phi) is 5.95. The summed E-state index contributed by atoms with van der Waals surface area (Å²) in [5.41, 5.74) is 2.95. The van der Waals surface area contributed by atoms with Crippen molar-refractivity contribution in [3.63, 3.8) is 0 Å². The summed E-state index contributed by atoms with van der Waals surface area (Å²) in [6, 6.07) is 20.2. The molecule has 4 aromatic rings. The Morgan fingerprint density at radius 3 is 2.12 bits per heavy atom. The second kappa shape index (κ2) is 8.79. The fraction of sp³-hybridized carbons (Fsp3) is 0.148. The molecular formula is C27H21Cl3N2O2. The third-order valence-electron chi connectivity index (χ3n) is 6.39. The lowest BCUT2D eigenvalue weighted by Crippen LogP contribution is -2.47. The normalized spacial score (nSPS) is 18.4. The first-order valence-electron chi connectivity index (χ1n) is 10.8. The first-order valence-corrected chi connectivity index (χ1v) is 11.9. The number of hydrogen-bond acceptors (Lipinski definition) is 2. The standard InChI is InChI=1S/C27H21Cl3N2O2/c1-32-26(33)22(12-16-2-6-18(28)7-3-16)25(23-15-31-24-13-20(30)10-11-21(23)24)27(32,34)14-17-4-8-19(29)9-5-17/h2-11,13,15,31,34H,12,14H2,1H3/t27-/m0/s1. The highest BCUT2D eigenvalue weighted by atomic mass is 35.5.